The summed E-state index contributed by atoms with van der Waals surface area (Å²) >= 11 is 0. The van der Waals surface area contributed by atoms with E-state index in [0.29, 0.717) is 5.56 Å². The van der Waals surface area contributed by atoms with Gasteiger partial charge >= 0.3 is 18.0 Å². The average molecular weight is 508 g/mol. The number of aliphatic hydroxyl groups excluding tert-OH is 1. The smallest absolute Gasteiger partial charge is 0.416 e. The third-order valence-corrected chi connectivity index (χ3v) is 5.32. The molecule has 0 fully saturated rings. The van der Waals surface area contributed by atoms with E-state index in [0.717, 1.165) is 24.3 Å². The summed E-state index contributed by atoms with van der Waals surface area (Å²) in [6.45, 7) is 2.87. The fraction of sp³-hybridized carbons (Fsp3) is 0.231. The topological polar surface area (TPSA) is 69.8 Å². The van der Waals surface area contributed by atoms with E-state index in [1.807, 2.05) is 0 Å². The van der Waals surface area contributed by atoms with Crippen molar-refractivity contribution in [3.8, 4) is 16.9 Å². The van der Waals surface area contributed by atoms with Crippen LogP contribution in [-0.2, 0) is 17.5 Å². The maximum Gasteiger partial charge on any atom is 0.416 e. The number of hydrogen-bond donors (Lipinski definition) is 2. The molecule has 0 spiro atoms. The molecular formula is C26H23F5NO4+. The molecule has 0 amide bonds. The van der Waals surface area contributed by atoms with Crippen LogP contribution in [0.4, 0.5) is 22.0 Å². The lowest BCUT2D eigenvalue weighted by molar-refractivity contribution is -0.580. The van der Waals surface area contributed by atoms with Crippen LogP contribution in [0.3, 0.4) is 0 Å². The van der Waals surface area contributed by atoms with Crippen molar-refractivity contribution in [1.82, 2.24) is 0 Å². The Kier molecular flexibility index (Phi) is 7.96. The average Bonchev–Trinajstić information content (AvgIpc) is 2.82. The normalized spacial score (nSPS) is 12.4. The van der Waals surface area contributed by atoms with Crippen LogP contribution in [0.1, 0.15) is 30.5 Å². The first-order valence-electron chi connectivity index (χ1n) is 10.8. The molecule has 0 saturated carbocycles. The van der Waals surface area contributed by atoms with Gasteiger partial charge in [0.05, 0.1) is 11.1 Å². The van der Waals surface area contributed by atoms with Crippen LogP contribution < -0.4 is 4.74 Å². The minimum Gasteiger partial charge on any atom is -0.481 e. The summed E-state index contributed by atoms with van der Waals surface area (Å²) in [4.78, 5) is 11.0. The van der Waals surface area contributed by atoms with Crippen molar-refractivity contribution < 1.29 is 46.3 Å². The van der Waals surface area contributed by atoms with Gasteiger partial charge in [0.25, 0.3) is 0 Å². The zero-order valence-corrected chi connectivity index (χ0v) is 19.3. The molecule has 0 aliphatic heterocycles. The molecular weight excluding hydrogens is 485 g/mol. The number of hydrogen-bond acceptors (Lipinski definition) is 2. The number of alkyl halides is 3. The summed E-state index contributed by atoms with van der Waals surface area (Å²) in [6, 6.07) is 11.7. The van der Waals surface area contributed by atoms with Crippen LogP contribution in [0.15, 0.2) is 60.7 Å². The fourth-order valence-electron chi connectivity index (χ4n) is 3.53. The molecule has 0 bridgehead atoms. The van der Waals surface area contributed by atoms with E-state index in [4.69, 9.17) is 9.84 Å². The summed E-state index contributed by atoms with van der Waals surface area (Å²) in [5.74, 6) is -3.72. The molecule has 36 heavy (non-hydrogen) atoms. The van der Waals surface area contributed by atoms with Crippen molar-refractivity contribution in [2.24, 2.45) is 0 Å². The number of carboxylic acids is 1. The fourth-order valence-corrected chi connectivity index (χ4v) is 3.53. The Morgan fingerprint density at radius 1 is 0.972 bits per heavy atom. The number of carbonyl (C=O) groups is 1. The van der Waals surface area contributed by atoms with Crippen molar-refractivity contribution in [3.05, 3.63) is 89.0 Å². The number of aliphatic hydroxyl groups is 1. The largest absolute Gasteiger partial charge is 0.481 e. The predicted octanol–water partition coefficient (Wildman–Crippen LogP) is 6.04. The number of nitrogens with zero attached hydrogens (tertiary/aromatic N) is 1. The Morgan fingerprint density at radius 2 is 1.69 bits per heavy atom. The molecule has 0 unspecified atom stereocenters. The summed E-state index contributed by atoms with van der Waals surface area (Å²) in [5.41, 5.74) is 0.0607. The Balaban J connectivity index is 2.08. The first kappa shape index (κ1) is 26.7. The molecule has 3 aromatic carbocycles. The number of halogens is 5. The van der Waals surface area contributed by atoms with Crippen molar-refractivity contribution >= 4 is 11.9 Å². The predicted molar refractivity (Wildman–Crippen MR) is 122 cm³/mol. The molecule has 190 valence electrons. The summed E-state index contributed by atoms with van der Waals surface area (Å²) in [6.07, 6.45) is -4.59. The zero-order chi connectivity index (χ0) is 26.6. The lowest BCUT2D eigenvalue weighted by Crippen LogP contribution is -2.28. The van der Waals surface area contributed by atoms with Crippen molar-refractivity contribution in [2.75, 3.05) is 6.61 Å². The van der Waals surface area contributed by atoms with E-state index in [1.165, 1.54) is 34.9 Å². The van der Waals surface area contributed by atoms with E-state index in [1.54, 1.807) is 19.9 Å². The molecule has 0 radical (unpaired) electrons. The molecule has 0 aliphatic rings. The Labute approximate surface area is 203 Å². The highest BCUT2D eigenvalue weighted by Crippen LogP contribution is 2.36. The second-order valence-corrected chi connectivity index (χ2v) is 8.27. The van der Waals surface area contributed by atoms with Crippen LogP contribution >= 0.6 is 0 Å². The van der Waals surface area contributed by atoms with Gasteiger partial charge in [-0.25, -0.2) is 13.6 Å². The lowest BCUT2D eigenvalue weighted by atomic mass is 9.99. The third kappa shape index (κ3) is 6.38. The summed E-state index contributed by atoms with van der Waals surface area (Å²) in [5, 5.41) is 19.7. The maximum atomic E-state index is 13.7. The van der Waals surface area contributed by atoms with Crippen LogP contribution in [0.5, 0.6) is 5.75 Å². The molecule has 0 atom stereocenters. The quantitative estimate of drug-likeness (QED) is 0.169. The van der Waals surface area contributed by atoms with E-state index >= 15 is 0 Å². The summed E-state index contributed by atoms with van der Waals surface area (Å²) < 4.78 is 73.7. The number of aliphatic carboxylic acids is 1. The van der Waals surface area contributed by atoms with Gasteiger partial charge in [0.1, 0.15) is 5.75 Å². The van der Waals surface area contributed by atoms with Gasteiger partial charge in [0.2, 0.25) is 0 Å². The molecule has 0 aromatic heterocycles. The molecule has 0 aliphatic carbocycles. The molecule has 0 saturated heterocycles. The van der Waals surface area contributed by atoms with Gasteiger partial charge < -0.3 is 14.9 Å². The monoisotopic (exact) mass is 508 g/mol. The highest BCUT2D eigenvalue weighted by molar-refractivity contribution is 5.88. The van der Waals surface area contributed by atoms with Crippen LogP contribution in [0.25, 0.3) is 11.1 Å². The standard InChI is InChI=1S/C26H22F5NO4/c1-15(2)32(25(35)18-7-8-21(27)22(28)12-18)13-16-6-9-23(36-14-24(33)34)20(10-16)17-4-3-5-19(11-17)26(29,30)31/h3-12,15H,13-14H2,1-2H3,(H,33,34)/p+1. The van der Waals surface area contributed by atoms with Crippen LogP contribution in [0, 0.1) is 11.6 Å². The first-order chi connectivity index (χ1) is 16.9. The molecule has 5 nitrogen and oxygen atoms in total. The highest BCUT2D eigenvalue weighted by Gasteiger charge is 2.31. The van der Waals surface area contributed by atoms with E-state index in [-0.39, 0.29) is 40.9 Å². The Morgan fingerprint density at radius 3 is 2.31 bits per heavy atom. The molecule has 2 N–H and O–H groups in total. The number of benzene rings is 3. The highest BCUT2D eigenvalue weighted by atomic mass is 19.4. The number of carboxylic acid groups (broad SMARTS) is 1. The van der Waals surface area contributed by atoms with Crippen molar-refractivity contribution in [3.63, 3.8) is 0 Å². The van der Waals surface area contributed by atoms with Gasteiger partial charge in [-0.15, -0.1) is 0 Å². The minimum atomic E-state index is -4.59. The number of rotatable bonds is 8. The van der Waals surface area contributed by atoms with Gasteiger partial charge in [-0.1, -0.05) is 12.1 Å². The Bertz CT molecular complexity index is 1300. The third-order valence-electron chi connectivity index (χ3n) is 5.32. The minimum absolute atomic E-state index is 0.0436. The van der Waals surface area contributed by atoms with Gasteiger partial charge in [0.15, 0.2) is 30.8 Å². The van der Waals surface area contributed by atoms with E-state index in [2.05, 4.69) is 0 Å². The number of ether oxygens (including phenoxy) is 1. The van der Waals surface area contributed by atoms with Crippen LogP contribution in [0.2, 0.25) is 0 Å². The molecule has 3 aromatic rings. The SMILES string of the molecule is CC(C)[N+](Cc1ccc(OCC(=O)O)c(-c2cccc(C(F)(F)F)c2)c1)=C(O)c1ccc(F)c(F)c1. The molecule has 0 heterocycles. The first-order valence-corrected chi connectivity index (χ1v) is 10.8. The van der Waals surface area contributed by atoms with Crippen molar-refractivity contribution in [1.29, 1.82) is 0 Å². The second kappa shape index (κ2) is 10.8. The zero-order valence-electron chi connectivity index (χ0n) is 19.3. The second-order valence-electron chi connectivity index (χ2n) is 8.27. The lowest BCUT2D eigenvalue weighted by Gasteiger charge is -2.15. The van der Waals surface area contributed by atoms with Gasteiger partial charge in [0, 0.05) is 11.1 Å². The maximum absolute atomic E-state index is 13.7. The van der Waals surface area contributed by atoms with E-state index in [9.17, 15) is 31.9 Å². The molecule has 10 heteroatoms. The van der Waals surface area contributed by atoms with Crippen molar-refractivity contribution in [2.45, 2.75) is 32.6 Å². The summed E-state index contributed by atoms with van der Waals surface area (Å²) in [7, 11) is 0. The molecule has 3 rings (SSSR count). The van der Waals surface area contributed by atoms with Gasteiger partial charge in [-0.05, 0) is 67.9 Å². The van der Waals surface area contributed by atoms with Gasteiger partial charge in [-0.2, -0.15) is 17.7 Å². The van der Waals surface area contributed by atoms with Crippen LogP contribution in [-0.4, -0.2) is 39.3 Å². The van der Waals surface area contributed by atoms with Gasteiger partial charge in [-0.3, -0.25) is 0 Å². The Hall–Kier alpha value is -3.95. The van der Waals surface area contributed by atoms with E-state index < -0.39 is 36.0 Å².